The van der Waals surface area contributed by atoms with Crippen LogP contribution in [0.2, 0.25) is 0 Å². The number of likely N-dealkylation sites (N-methyl/N-ethyl adjacent to an activating group) is 1. The maximum atomic E-state index is 10.9. The van der Waals surface area contributed by atoms with Crippen LogP contribution in [0.3, 0.4) is 0 Å². The Morgan fingerprint density at radius 3 is 2.93 bits per heavy atom. The lowest BCUT2D eigenvalue weighted by Crippen LogP contribution is -2.24. The van der Waals surface area contributed by atoms with Crippen molar-refractivity contribution in [1.29, 1.82) is 0 Å². The third kappa shape index (κ3) is 2.76. The summed E-state index contributed by atoms with van der Waals surface area (Å²) in [5, 5.41) is 6.55. The standard InChI is InChI=1S/C9H15N3O2/c1-7(2)12-5-8(4-11-12)14-6-9(13)10-3/h4-5,7H,6H2,1-3H3,(H,10,13). The Kier molecular flexibility index (Phi) is 3.50. The van der Waals surface area contributed by atoms with Crippen molar-refractivity contribution in [3.8, 4) is 5.75 Å². The van der Waals surface area contributed by atoms with E-state index in [4.69, 9.17) is 4.74 Å². The molecule has 0 unspecified atom stereocenters. The number of carbonyl (C=O) groups is 1. The summed E-state index contributed by atoms with van der Waals surface area (Å²) < 4.78 is 6.97. The molecule has 14 heavy (non-hydrogen) atoms. The monoisotopic (exact) mass is 197 g/mol. The highest BCUT2D eigenvalue weighted by Gasteiger charge is 2.04. The minimum Gasteiger partial charge on any atom is -0.480 e. The Morgan fingerprint density at radius 2 is 2.43 bits per heavy atom. The van der Waals surface area contributed by atoms with E-state index in [1.54, 1.807) is 24.1 Å². The van der Waals surface area contributed by atoms with Gasteiger partial charge in [0.2, 0.25) is 0 Å². The van der Waals surface area contributed by atoms with Gasteiger partial charge in [-0.05, 0) is 13.8 Å². The van der Waals surface area contributed by atoms with Gasteiger partial charge in [-0.2, -0.15) is 5.10 Å². The molecule has 1 aromatic heterocycles. The van der Waals surface area contributed by atoms with E-state index in [2.05, 4.69) is 10.4 Å². The average molecular weight is 197 g/mol. The zero-order valence-electron chi connectivity index (χ0n) is 8.65. The van der Waals surface area contributed by atoms with Crippen LogP contribution in [0.25, 0.3) is 0 Å². The van der Waals surface area contributed by atoms with Gasteiger partial charge in [-0.3, -0.25) is 9.48 Å². The second-order valence-corrected chi connectivity index (χ2v) is 3.21. The van der Waals surface area contributed by atoms with Crippen LogP contribution in [0.15, 0.2) is 12.4 Å². The van der Waals surface area contributed by atoms with Crippen molar-refractivity contribution >= 4 is 5.91 Å². The molecular weight excluding hydrogens is 182 g/mol. The second kappa shape index (κ2) is 4.64. The predicted octanol–water partition coefficient (Wildman–Crippen LogP) is 0.589. The third-order valence-corrected chi connectivity index (χ3v) is 1.76. The molecule has 1 N–H and O–H groups in total. The molecule has 0 aliphatic carbocycles. The third-order valence-electron chi connectivity index (χ3n) is 1.76. The summed E-state index contributed by atoms with van der Waals surface area (Å²) >= 11 is 0. The Morgan fingerprint density at radius 1 is 1.71 bits per heavy atom. The first kappa shape index (κ1) is 10.6. The molecule has 0 spiro atoms. The summed E-state index contributed by atoms with van der Waals surface area (Å²) in [5.41, 5.74) is 0. The van der Waals surface area contributed by atoms with E-state index in [0.717, 1.165) is 0 Å². The lowest BCUT2D eigenvalue weighted by Gasteiger charge is -2.03. The van der Waals surface area contributed by atoms with E-state index in [1.165, 1.54) is 0 Å². The van der Waals surface area contributed by atoms with E-state index in [9.17, 15) is 4.79 Å². The molecule has 5 heteroatoms. The zero-order valence-corrected chi connectivity index (χ0v) is 8.65. The SMILES string of the molecule is CNC(=O)COc1cnn(C(C)C)c1. The molecule has 0 aliphatic heterocycles. The average Bonchev–Trinajstić information content (AvgIpc) is 2.62. The Labute approximate surface area is 83.1 Å². The fourth-order valence-corrected chi connectivity index (χ4v) is 0.899. The van der Waals surface area contributed by atoms with Crippen LogP contribution in [0.4, 0.5) is 0 Å². The van der Waals surface area contributed by atoms with Crippen molar-refractivity contribution in [3.63, 3.8) is 0 Å². The van der Waals surface area contributed by atoms with Crippen molar-refractivity contribution in [2.45, 2.75) is 19.9 Å². The second-order valence-electron chi connectivity index (χ2n) is 3.21. The summed E-state index contributed by atoms with van der Waals surface area (Å²) in [6.45, 7) is 4.07. The molecule has 0 saturated carbocycles. The molecule has 0 aromatic carbocycles. The van der Waals surface area contributed by atoms with Crippen LogP contribution in [0, 0.1) is 0 Å². The highest BCUT2D eigenvalue weighted by Crippen LogP contribution is 2.11. The first-order valence-corrected chi connectivity index (χ1v) is 4.51. The van der Waals surface area contributed by atoms with E-state index in [1.807, 2.05) is 13.8 Å². The predicted molar refractivity (Wildman–Crippen MR) is 52.2 cm³/mol. The molecule has 1 heterocycles. The van der Waals surface area contributed by atoms with Gasteiger partial charge in [0.05, 0.1) is 12.4 Å². The summed E-state index contributed by atoms with van der Waals surface area (Å²) in [6.07, 6.45) is 3.37. The van der Waals surface area contributed by atoms with Gasteiger partial charge in [0.25, 0.3) is 5.91 Å². The fraction of sp³-hybridized carbons (Fsp3) is 0.556. The van der Waals surface area contributed by atoms with Crippen LogP contribution in [-0.4, -0.2) is 29.3 Å². The Bertz CT molecular complexity index is 307. The van der Waals surface area contributed by atoms with E-state index < -0.39 is 0 Å². The topological polar surface area (TPSA) is 56.1 Å². The van der Waals surface area contributed by atoms with Crippen LogP contribution in [0.5, 0.6) is 5.75 Å². The minimum absolute atomic E-state index is 0.0281. The van der Waals surface area contributed by atoms with Crippen LogP contribution in [0.1, 0.15) is 19.9 Å². The van der Waals surface area contributed by atoms with Crippen molar-refractivity contribution < 1.29 is 9.53 Å². The van der Waals surface area contributed by atoms with Gasteiger partial charge in [0, 0.05) is 13.1 Å². The maximum Gasteiger partial charge on any atom is 0.257 e. The van der Waals surface area contributed by atoms with Crippen LogP contribution >= 0.6 is 0 Å². The molecule has 0 aliphatic rings. The number of nitrogens with zero attached hydrogens (tertiary/aromatic N) is 2. The zero-order chi connectivity index (χ0) is 10.6. The molecule has 1 aromatic rings. The number of rotatable bonds is 4. The van der Waals surface area contributed by atoms with Crippen LogP contribution in [-0.2, 0) is 4.79 Å². The molecule has 0 fully saturated rings. The Balaban J connectivity index is 2.48. The molecular formula is C9H15N3O2. The highest BCUT2D eigenvalue weighted by atomic mass is 16.5. The number of hydrogen-bond donors (Lipinski definition) is 1. The minimum atomic E-state index is -0.151. The molecule has 5 nitrogen and oxygen atoms in total. The van der Waals surface area contributed by atoms with E-state index >= 15 is 0 Å². The fourth-order valence-electron chi connectivity index (χ4n) is 0.899. The van der Waals surface area contributed by atoms with E-state index in [-0.39, 0.29) is 12.5 Å². The largest absolute Gasteiger partial charge is 0.480 e. The normalized spacial score (nSPS) is 10.3. The molecule has 0 atom stereocenters. The molecule has 0 saturated heterocycles. The number of amides is 1. The highest BCUT2D eigenvalue weighted by molar-refractivity contribution is 5.77. The first-order valence-electron chi connectivity index (χ1n) is 4.51. The smallest absolute Gasteiger partial charge is 0.257 e. The molecule has 0 bridgehead atoms. The van der Waals surface area contributed by atoms with Gasteiger partial charge >= 0.3 is 0 Å². The molecule has 78 valence electrons. The quantitative estimate of drug-likeness (QED) is 0.768. The number of aromatic nitrogens is 2. The van der Waals surface area contributed by atoms with Crippen molar-refractivity contribution in [3.05, 3.63) is 12.4 Å². The van der Waals surface area contributed by atoms with Gasteiger partial charge in [0.1, 0.15) is 0 Å². The summed E-state index contributed by atoms with van der Waals surface area (Å²) in [4.78, 5) is 10.9. The number of hydrogen-bond acceptors (Lipinski definition) is 3. The molecule has 1 rings (SSSR count). The van der Waals surface area contributed by atoms with Gasteiger partial charge in [0.15, 0.2) is 12.4 Å². The first-order chi connectivity index (χ1) is 6.63. The number of nitrogens with one attached hydrogen (secondary N) is 1. The lowest BCUT2D eigenvalue weighted by atomic mass is 10.4. The lowest BCUT2D eigenvalue weighted by molar-refractivity contribution is -0.122. The Hall–Kier alpha value is -1.52. The van der Waals surface area contributed by atoms with E-state index in [0.29, 0.717) is 11.8 Å². The van der Waals surface area contributed by atoms with Crippen molar-refractivity contribution in [1.82, 2.24) is 15.1 Å². The number of carbonyl (C=O) groups excluding carboxylic acids is 1. The maximum absolute atomic E-state index is 10.9. The number of ether oxygens (including phenoxy) is 1. The van der Waals surface area contributed by atoms with Gasteiger partial charge in [-0.15, -0.1) is 0 Å². The summed E-state index contributed by atoms with van der Waals surface area (Å²) in [7, 11) is 1.57. The van der Waals surface area contributed by atoms with Crippen molar-refractivity contribution in [2.75, 3.05) is 13.7 Å². The van der Waals surface area contributed by atoms with Crippen molar-refractivity contribution in [2.24, 2.45) is 0 Å². The molecule has 0 radical (unpaired) electrons. The van der Waals surface area contributed by atoms with Gasteiger partial charge in [-0.25, -0.2) is 0 Å². The van der Waals surface area contributed by atoms with Crippen LogP contribution < -0.4 is 10.1 Å². The van der Waals surface area contributed by atoms with Gasteiger partial charge < -0.3 is 10.1 Å². The summed E-state index contributed by atoms with van der Waals surface area (Å²) in [6, 6.07) is 0.298. The molecule has 1 amide bonds. The van der Waals surface area contributed by atoms with Gasteiger partial charge in [-0.1, -0.05) is 0 Å². The summed E-state index contributed by atoms with van der Waals surface area (Å²) in [5.74, 6) is 0.463.